The molecule has 1 aliphatic heterocycles. The largest absolute Gasteiger partial charge is 0.436 e. The van der Waals surface area contributed by atoms with Gasteiger partial charge in [-0.25, -0.2) is 0 Å². The zero-order valence-corrected chi connectivity index (χ0v) is 16.3. The smallest absolute Gasteiger partial charge is 0.263 e. The van der Waals surface area contributed by atoms with Crippen molar-refractivity contribution in [1.82, 2.24) is 9.96 Å². The molecule has 2 aliphatic rings. The van der Waals surface area contributed by atoms with E-state index in [1.807, 2.05) is 37.4 Å². The lowest BCUT2D eigenvalue weighted by Gasteiger charge is -2.27. The number of rotatable bonds is 4. The van der Waals surface area contributed by atoms with Crippen molar-refractivity contribution in [3.8, 4) is 0 Å². The van der Waals surface area contributed by atoms with Gasteiger partial charge in [0.05, 0.1) is 13.2 Å². The molecular weight excluding hydrogens is 356 g/mol. The summed E-state index contributed by atoms with van der Waals surface area (Å²) < 4.78 is 5.90. The van der Waals surface area contributed by atoms with Crippen molar-refractivity contribution in [3.63, 3.8) is 0 Å². The highest BCUT2D eigenvalue weighted by molar-refractivity contribution is 7.80. The number of hydroxylamine groups is 2. The van der Waals surface area contributed by atoms with Crippen molar-refractivity contribution in [2.45, 2.75) is 13.0 Å². The average molecular weight is 378 g/mol. The number of benzene rings is 2. The molecule has 1 heterocycles. The number of thiocarbonyl (C=S) groups is 1. The van der Waals surface area contributed by atoms with Crippen LogP contribution in [0, 0.1) is 0 Å². The molecule has 0 bridgehead atoms. The minimum absolute atomic E-state index is 0.473. The molecule has 0 N–H and O–H groups in total. The van der Waals surface area contributed by atoms with E-state index in [0.29, 0.717) is 18.3 Å². The fourth-order valence-electron chi connectivity index (χ4n) is 3.35. The SMILES string of the molecule is CN(C)C(=S)OC1=CC2=c3c(cccc3=CN(OCc3ccccc3)C2)C1. The van der Waals surface area contributed by atoms with Gasteiger partial charge in [0, 0.05) is 31.9 Å². The van der Waals surface area contributed by atoms with Gasteiger partial charge in [0.1, 0.15) is 5.76 Å². The van der Waals surface area contributed by atoms with E-state index in [9.17, 15) is 0 Å². The summed E-state index contributed by atoms with van der Waals surface area (Å²) in [6.45, 7) is 1.22. The summed E-state index contributed by atoms with van der Waals surface area (Å²) in [4.78, 5) is 7.83. The molecule has 2 aromatic rings. The lowest BCUT2D eigenvalue weighted by Crippen LogP contribution is -2.42. The Bertz CT molecular complexity index is 1010. The standard InChI is InChI=1S/C22H22N2O2S/c1-23(2)22(27)26-20-11-17-9-6-10-18-13-24(14-19(12-20)21(17)18)25-15-16-7-4-3-5-8-16/h3-10,12-13H,11,14-15H2,1-2H3. The van der Waals surface area contributed by atoms with Gasteiger partial charge in [-0.05, 0) is 40.2 Å². The van der Waals surface area contributed by atoms with Crippen molar-refractivity contribution in [2.75, 3.05) is 20.6 Å². The van der Waals surface area contributed by atoms with Crippen LogP contribution in [0.15, 0.2) is 60.4 Å². The van der Waals surface area contributed by atoms with E-state index in [0.717, 1.165) is 17.7 Å². The third-order valence-corrected chi connectivity index (χ3v) is 5.09. The maximum atomic E-state index is 6.03. The highest BCUT2D eigenvalue weighted by Gasteiger charge is 2.19. The molecule has 0 spiro atoms. The number of hydrogen-bond donors (Lipinski definition) is 0. The van der Waals surface area contributed by atoms with E-state index < -0.39 is 0 Å². The van der Waals surface area contributed by atoms with Gasteiger partial charge in [-0.1, -0.05) is 48.5 Å². The van der Waals surface area contributed by atoms with Crippen LogP contribution in [-0.4, -0.2) is 35.8 Å². The normalized spacial score (nSPS) is 14.8. The molecule has 0 fully saturated rings. The van der Waals surface area contributed by atoms with Crippen molar-refractivity contribution >= 4 is 29.2 Å². The molecule has 138 valence electrons. The van der Waals surface area contributed by atoms with Gasteiger partial charge < -0.3 is 9.64 Å². The van der Waals surface area contributed by atoms with Crippen molar-refractivity contribution in [2.24, 2.45) is 0 Å². The molecule has 0 aromatic heterocycles. The van der Waals surface area contributed by atoms with E-state index in [-0.39, 0.29) is 0 Å². The molecule has 4 rings (SSSR count). The van der Waals surface area contributed by atoms with Crippen LogP contribution in [0.25, 0.3) is 11.8 Å². The highest BCUT2D eigenvalue weighted by Crippen LogP contribution is 2.19. The van der Waals surface area contributed by atoms with Gasteiger partial charge in [-0.2, -0.15) is 0 Å². The average Bonchev–Trinajstić information content (AvgIpc) is 2.67. The van der Waals surface area contributed by atoms with Crippen LogP contribution in [0.4, 0.5) is 0 Å². The summed E-state index contributed by atoms with van der Waals surface area (Å²) in [6.07, 6.45) is 4.93. The molecule has 0 radical (unpaired) electrons. The fraction of sp³-hybridized carbons (Fsp3) is 0.227. The van der Waals surface area contributed by atoms with Crippen LogP contribution in [0.1, 0.15) is 11.1 Å². The van der Waals surface area contributed by atoms with Crippen molar-refractivity contribution < 1.29 is 9.57 Å². The second kappa shape index (κ2) is 7.55. The van der Waals surface area contributed by atoms with E-state index in [1.54, 1.807) is 4.90 Å². The van der Waals surface area contributed by atoms with E-state index in [4.69, 9.17) is 21.8 Å². The first-order chi connectivity index (χ1) is 13.1. The van der Waals surface area contributed by atoms with Crippen LogP contribution in [0.5, 0.6) is 0 Å². The molecule has 5 heteroatoms. The topological polar surface area (TPSA) is 24.9 Å². The Morgan fingerprint density at radius 1 is 1.11 bits per heavy atom. The molecule has 0 unspecified atom stereocenters. The molecular formula is C22H22N2O2S. The monoisotopic (exact) mass is 378 g/mol. The van der Waals surface area contributed by atoms with Crippen LogP contribution >= 0.6 is 12.2 Å². The molecule has 4 nitrogen and oxygen atoms in total. The molecule has 0 saturated heterocycles. The third-order valence-electron chi connectivity index (χ3n) is 4.64. The summed E-state index contributed by atoms with van der Waals surface area (Å²) in [5.74, 6) is 0.873. The zero-order valence-electron chi connectivity index (χ0n) is 15.5. The summed E-state index contributed by atoms with van der Waals surface area (Å²) >= 11 is 5.30. The maximum Gasteiger partial charge on any atom is 0.263 e. The number of hydrogen-bond acceptors (Lipinski definition) is 4. The number of ether oxygens (including phenoxy) is 1. The Morgan fingerprint density at radius 2 is 1.93 bits per heavy atom. The van der Waals surface area contributed by atoms with Gasteiger partial charge in [0.15, 0.2) is 0 Å². The predicted octanol–water partition coefficient (Wildman–Crippen LogP) is 2.33. The van der Waals surface area contributed by atoms with E-state index in [2.05, 4.69) is 42.6 Å². The number of nitrogens with zero attached hydrogens (tertiary/aromatic N) is 2. The quantitative estimate of drug-likeness (QED) is 0.761. The van der Waals surface area contributed by atoms with E-state index in [1.165, 1.54) is 21.6 Å². The van der Waals surface area contributed by atoms with Gasteiger partial charge in [0.25, 0.3) is 5.17 Å². The first-order valence-corrected chi connectivity index (χ1v) is 9.37. The van der Waals surface area contributed by atoms with Crippen molar-refractivity contribution in [1.29, 1.82) is 0 Å². The first kappa shape index (κ1) is 17.8. The van der Waals surface area contributed by atoms with Gasteiger partial charge >= 0.3 is 0 Å². The van der Waals surface area contributed by atoms with E-state index >= 15 is 0 Å². The fourth-order valence-corrected chi connectivity index (χ4v) is 3.46. The molecule has 2 aromatic carbocycles. The Kier molecular flexibility index (Phi) is 4.97. The summed E-state index contributed by atoms with van der Waals surface area (Å²) in [5, 5.41) is 4.84. The Hall–Kier alpha value is -2.63. The summed E-state index contributed by atoms with van der Waals surface area (Å²) in [6, 6.07) is 16.6. The zero-order chi connectivity index (χ0) is 18.8. The molecule has 0 atom stereocenters. The second-order valence-corrected chi connectivity index (χ2v) is 7.27. The van der Waals surface area contributed by atoms with Gasteiger partial charge in [0.2, 0.25) is 0 Å². The van der Waals surface area contributed by atoms with Crippen LogP contribution in [-0.2, 0) is 22.6 Å². The first-order valence-electron chi connectivity index (χ1n) is 8.96. The summed E-state index contributed by atoms with van der Waals surface area (Å²) in [5.41, 5.74) is 3.61. The molecule has 27 heavy (non-hydrogen) atoms. The second-order valence-electron chi connectivity index (χ2n) is 6.92. The van der Waals surface area contributed by atoms with Crippen LogP contribution in [0.3, 0.4) is 0 Å². The Labute approximate surface area is 164 Å². The lowest BCUT2D eigenvalue weighted by molar-refractivity contribution is -0.107. The lowest BCUT2D eigenvalue weighted by atomic mass is 9.94. The minimum Gasteiger partial charge on any atom is -0.436 e. The minimum atomic E-state index is 0.473. The molecule has 0 amide bonds. The Balaban J connectivity index is 1.59. The van der Waals surface area contributed by atoms with Crippen molar-refractivity contribution in [3.05, 3.63) is 81.9 Å². The van der Waals surface area contributed by atoms with Crippen LogP contribution in [0.2, 0.25) is 0 Å². The van der Waals surface area contributed by atoms with Gasteiger partial charge in [-0.3, -0.25) is 9.90 Å². The molecule has 0 saturated carbocycles. The third kappa shape index (κ3) is 3.89. The predicted molar refractivity (Wildman–Crippen MR) is 111 cm³/mol. The Morgan fingerprint density at radius 3 is 2.70 bits per heavy atom. The maximum absolute atomic E-state index is 6.03. The molecule has 1 aliphatic carbocycles. The summed E-state index contributed by atoms with van der Waals surface area (Å²) in [7, 11) is 3.78. The number of allylic oxidation sites excluding steroid dienone is 1. The van der Waals surface area contributed by atoms with Gasteiger partial charge in [-0.15, -0.1) is 0 Å². The van der Waals surface area contributed by atoms with Crippen LogP contribution < -0.4 is 10.4 Å². The highest BCUT2D eigenvalue weighted by atomic mass is 32.1.